The van der Waals surface area contributed by atoms with Crippen LogP contribution in [0.5, 0.6) is 0 Å². The van der Waals surface area contributed by atoms with Crippen LogP contribution in [0.1, 0.15) is 49.4 Å². The van der Waals surface area contributed by atoms with Crippen molar-refractivity contribution in [2.45, 2.75) is 38.0 Å². The minimum atomic E-state index is -0.544. The third-order valence-corrected chi connectivity index (χ3v) is 8.32. The van der Waals surface area contributed by atoms with Gasteiger partial charge in [0.15, 0.2) is 0 Å². The van der Waals surface area contributed by atoms with Crippen LogP contribution in [0.25, 0.3) is 0 Å². The summed E-state index contributed by atoms with van der Waals surface area (Å²) in [5, 5.41) is 10.6. The van der Waals surface area contributed by atoms with Crippen LogP contribution >= 0.6 is 0 Å². The third kappa shape index (κ3) is 3.50. The zero-order valence-corrected chi connectivity index (χ0v) is 21.4. The van der Waals surface area contributed by atoms with E-state index < -0.39 is 10.8 Å². The maximum atomic E-state index is 10.6. The normalized spacial score (nSPS) is 18.1. The van der Waals surface area contributed by atoms with Crippen molar-refractivity contribution in [3.63, 3.8) is 0 Å². The maximum absolute atomic E-state index is 10.6. The fourth-order valence-electron chi connectivity index (χ4n) is 6.60. The molecule has 180 valence electrons. The van der Waals surface area contributed by atoms with E-state index in [2.05, 4.69) is 142 Å². The molecule has 1 aliphatic carbocycles. The van der Waals surface area contributed by atoms with Crippen LogP contribution in [0.3, 0.4) is 0 Å². The molecule has 0 saturated heterocycles. The monoisotopic (exact) mass is 470 g/mol. The summed E-state index contributed by atoms with van der Waals surface area (Å²) in [6.07, 6.45) is 0.626. The third-order valence-electron chi connectivity index (χ3n) is 8.32. The lowest BCUT2D eigenvalue weighted by molar-refractivity contribution is 0.259. The summed E-state index contributed by atoms with van der Waals surface area (Å²) in [5.41, 5.74) is 9.23. The van der Waals surface area contributed by atoms with Crippen LogP contribution in [0.4, 0.5) is 0 Å². The molecule has 36 heavy (non-hydrogen) atoms. The van der Waals surface area contributed by atoms with Crippen LogP contribution in [-0.4, -0.2) is 11.7 Å². The lowest BCUT2D eigenvalue weighted by atomic mass is 9.54. The fraction of sp³-hybridized carbons (Fsp3) is 0.200. The van der Waals surface area contributed by atoms with Crippen LogP contribution in [0, 0.1) is 0 Å². The van der Waals surface area contributed by atoms with E-state index in [1.54, 1.807) is 0 Å². The average molecular weight is 471 g/mol. The van der Waals surface area contributed by atoms with E-state index in [0.29, 0.717) is 6.42 Å². The highest BCUT2D eigenvalue weighted by Crippen LogP contribution is 2.61. The standard InChI is InChI=1S/C35H34O/c1-26-27(2)33(34(24-25-36,28(26)3)29-16-8-4-9-17-29)35(30-18-10-5-11-19-30,31-20-12-6-13-21-31)32-22-14-7-15-23-32/h4-23,36H,24-25H2,1-3H3. The summed E-state index contributed by atoms with van der Waals surface area (Å²) in [5.74, 6) is 0. The van der Waals surface area contributed by atoms with E-state index in [1.165, 1.54) is 44.5 Å². The summed E-state index contributed by atoms with van der Waals surface area (Å²) in [6, 6.07) is 43.5. The van der Waals surface area contributed by atoms with E-state index in [1.807, 2.05) is 0 Å². The zero-order chi connectivity index (χ0) is 25.2. The molecule has 4 aromatic carbocycles. The Hall–Kier alpha value is -3.68. The molecule has 1 aliphatic rings. The summed E-state index contributed by atoms with van der Waals surface area (Å²) in [7, 11) is 0. The van der Waals surface area contributed by atoms with Gasteiger partial charge in [-0.3, -0.25) is 0 Å². The lowest BCUT2D eigenvalue weighted by Crippen LogP contribution is -2.43. The zero-order valence-electron chi connectivity index (χ0n) is 21.4. The first-order valence-electron chi connectivity index (χ1n) is 12.8. The van der Waals surface area contributed by atoms with Gasteiger partial charge in [0.2, 0.25) is 0 Å². The Morgan fingerprint density at radius 1 is 0.556 bits per heavy atom. The maximum Gasteiger partial charge on any atom is 0.0679 e. The van der Waals surface area contributed by atoms with Crippen molar-refractivity contribution in [3.05, 3.63) is 166 Å². The van der Waals surface area contributed by atoms with Crippen molar-refractivity contribution in [2.24, 2.45) is 0 Å². The fourth-order valence-corrected chi connectivity index (χ4v) is 6.60. The van der Waals surface area contributed by atoms with Gasteiger partial charge in [-0.1, -0.05) is 127 Å². The first-order chi connectivity index (χ1) is 17.6. The van der Waals surface area contributed by atoms with Crippen molar-refractivity contribution < 1.29 is 5.11 Å². The molecule has 0 amide bonds. The highest BCUT2D eigenvalue weighted by molar-refractivity contribution is 5.71. The first kappa shape index (κ1) is 24.0. The van der Waals surface area contributed by atoms with Gasteiger partial charge in [-0.2, -0.15) is 0 Å². The van der Waals surface area contributed by atoms with Crippen LogP contribution in [0.15, 0.2) is 144 Å². The minimum absolute atomic E-state index is 0.102. The first-order valence-corrected chi connectivity index (χ1v) is 12.8. The second-order valence-corrected chi connectivity index (χ2v) is 9.84. The second-order valence-electron chi connectivity index (χ2n) is 9.84. The van der Waals surface area contributed by atoms with Gasteiger partial charge in [0.25, 0.3) is 0 Å². The van der Waals surface area contributed by atoms with Gasteiger partial charge in [0.05, 0.1) is 5.41 Å². The molecular formula is C35H34O. The molecule has 0 saturated carbocycles. The van der Waals surface area contributed by atoms with E-state index in [9.17, 15) is 5.11 Å². The average Bonchev–Trinajstić information content (AvgIpc) is 3.13. The quantitative estimate of drug-likeness (QED) is 0.271. The Kier molecular flexibility index (Phi) is 6.51. The molecule has 5 rings (SSSR count). The molecule has 0 spiro atoms. The van der Waals surface area contributed by atoms with Gasteiger partial charge < -0.3 is 5.11 Å². The molecule has 0 fully saturated rings. The predicted octanol–water partition coefficient (Wildman–Crippen LogP) is 8.01. The molecule has 0 aliphatic heterocycles. The van der Waals surface area contributed by atoms with Gasteiger partial charge in [-0.15, -0.1) is 0 Å². The molecule has 1 nitrogen and oxygen atoms in total. The largest absolute Gasteiger partial charge is 0.396 e. The molecule has 1 N–H and O–H groups in total. The van der Waals surface area contributed by atoms with Gasteiger partial charge in [-0.25, -0.2) is 0 Å². The Balaban J connectivity index is 2.00. The van der Waals surface area contributed by atoms with Crippen LogP contribution in [0.2, 0.25) is 0 Å². The number of aliphatic hydroxyl groups excluding tert-OH is 1. The van der Waals surface area contributed by atoms with Gasteiger partial charge in [0.1, 0.15) is 0 Å². The van der Waals surface area contributed by atoms with Gasteiger partial charge in [-0.05, 0) is 66.2 Å². The van der Waals surface area contributed by atoms with Crippen LogP contribution < -0.4 is 0 Å². The van der Waals surface area contributed by atoms with Crippen molar-refractivity contribution in [1.82, 2.24) is 0 Å². The number of benzene rings is 4. The summed E-state index contributed by atoms with van der Waals surface area (Å²) in [6.45, 7) is 6.89. The van der Waals surface area contributed by atoms with E-state index >= 15 is 0 Å². The van der Waals surface area contributed by atoms with Crippen molar-refractivity contribution >= 4 is 0 Å². The molecule has 1 atom stereocenters. The summed E-state index contributed by atoms with van der Waals surface area (Å²) < 4.78 is 0. The molecule has 1 heteroatoms. The molecule has 1 unspecified atom stereocenters. The van der Waals surface area contributed by atoms with Crippen molar-refractivity contribution in [2.75, 3.05) is 6.61 Å². The Bertz CT molecular complexity index is 1290. The van der Waals surface area contributed by atoms with Gasteiger partial charge in [0, 0.05) is 12.0 Å². The minimum Gasteiger partial charge on any atom is -0.396 e. The Labute approximate surface area is 215 Å². The number of hydrogen-bond donors (Lipinski definition) is 1. The highest BCUT2D eigenvalue weighted by Gasteiger charge is 2.54. The second kappa shape index (κ2) is 9.76. The molecule has 4 aromatic rings. The number of allylic oxidation sites excluding steroid dienone is 4. The van der Waals surface area contributed by atoms with E-state index in [4.69, 9.17) is 0 Å². The van der Waals surface area contributed by atoms with Crippen molar-refractivity contribution in [3.8, 4) is 0 Å². The summed E-state index contributed by atoms with van der Waals surface area (Å²) in [4.78, 5) is 0. The Morgan fingerprint density at radius 2 is 0.944 bits per heavy atom. The summed E-state index contributed by atoms with van der Waals surface area (Å²) >= 11 is 0. The predicted molar refractivity (Wildman–Crippen MR) is 150 cm³/mol. The SMILES string of the molecule is CC1=C(C)C(CCO)(c2ccccc2)C(C(c2ccccc2)(c2ccccc2)c2ccccc2)=C1C. The molecule has 0 heterocycles. The molecular weight excluding hydrogens is 436 g/mol. The van der Waals surface area contributed by atoms with E-state index in [-0.39, 0.29) is 6.61 Å². The van der Waals surface area contributed by atoms with E-state index in [0.717, 1.165) is 0 Å². The molecule has 0 radical (unpaired) electrons. The number of rotatable bonds is 7. The van der Waals surface area contributed by atoms with Crippen LogP contribution in [-0.2, 0) is 10.8 Å². The lowest BCUT2D eigenvalue weighted by Gasteiger charge is -2.47. The van der Waals surface area contributed by atoms with Gasteiger partial charge >= 0.3 is 0 Å². The molecule has 0 aromatic heterocycles. The molecule has 0 bridgehead atoms. The topological polar surface area (TPSA) is 20.2 Å². The number of hydrogen-bond acceptors (Lipinski definition) is 1. The smallest absolute Gasteiger partial charge is 0.0679 e. The highest BCUT2D eigenvalue weighted by atomic mass is 16.3. The number of aliphatic hydroxyl groups is 1. The van der Waals surface area contributed by atoms with Crippen molar-refractivity contribution in [1.29, 1.82) is 0 Å². The Morgan fingerprint density at radius 3 is 1.33 bits per heavy atom.